The maximum atomic E-state index is 13.2. The van der Waals surface area contributed by atoms with E-state index in [0.29, 0.717) is 4.52 Å². The molecule has 0 atom stereocenters. The lowest BCUT2D eigenvalue weighted by Crippen LogP contribution is -2.16. The molecule has 1 N–H and O–H groups in total. The Labute approximate surface area is 153 Å². The molecule has 8 nitrogen and oxygen atoms in total. The number of fused-ring (bicyclic) bond motifs is 1. The molecule has 0 aliphatic rings. The maximum absolute atomic E-state index is 13.2. The number of rotatable bonds is 3. The average Bonchev–Trinajstić information content (AvgIpc) is 2.98. The molecule has 0 fully saturated rings. The fourth-order valence-corrected chi connectivity index (χ4v) is 2.49. The fraction of sp³-hybridized carbons (Fsp3) is 0.133. The monoisotopic (exact) mass is 399 g/mol. The van der Waals surface area contributed by atoms with Crippen LogP contribution in [0.3, 0.4) is 0 Å². The van der Waals surface area contributed by atoms with Gasteiger partial charge in [-0.15, -0.1) is 0 Å². The van der Waals surface area contributed by atoms with Crippen LogP contribution < -0.4 is 5.32 Å². The summed E-state index contributed by atoms with van der Waals surface area (Å²) in [6, 6.07) is 5.26. The van der Waals surface area contributed by atoms with Gasteiger partial charge in [0.05, 0.1) is 15.6 Å². The molecule has 0 saturated carbocycles. The number of anilines is 1. The number of aryl methyl sites for hydroxylation is 1. The minimum Gasteiger partial charge on any atom is -0.319 e. The Morgan fingerprint density at radius 2 is 2.00 bits per heavy atom. The number of aromatic nitrogens is 3. The summed E-state index contributed by atoms with van der Waals surface area (Å²) < 4.78 is 40.0. The molecule has 1 aromatic carbocycles. The van der Waals surface area contributed by atoms with Crippen LogP contribution >= 0.6 is 11.6 Å². The first-order valence-corrected chi connectivity index (χ1v) is 7.64. The van der Waals surface area contributed by atoms with Gasteiger partial charge in [-0.05, 0) is 19.1 Å². The predicted molar refractivity (Wildman–Crippen MR) is 88.8 cm³/mol. The van der Waals surface area contributed by atoms with Crippen LogP contribution in [0.1, 0.15) is 21.9 Å². The van der Waals surface area contributed by atoms with Crippen molar-refractivity contribution in [3.8, 4) is 0 Å². The minimum atomic E-state index is -4.70. The molecule has 27 heavy (non-hydrogen) atoms. The van der Waals surface area contributed by atoms with E-state index >= 15 is 0 Å². The summed E-state index contributed by atoms with van der Waals surface area (Å²) >= 11 is 5.89. The number of nitro groups is 1. The molecule has 0 bridgehead atoms. The van der Waals surface area contributed by atoms with E-state index in [2.05, 4.69) is 15.4 Å². The van der Waals surface area contributed by atoms with Crippen molar-refractivity contribution in [2.75, 3.05) is 5.32 Å². The number of nitro benzene ring substituents is 1. The third-order valence-electron chi connectivity index (χ3n) is 3.49. The molecule has 3 rings (SSSR count). The van der Waals surface area contributed by atoms with Crippen molar-refractivity contribution < 1.29 is 22.9 Å². The molecule has 0 spiro atoms. The second-order valence-electron chi connectivity index (χ2n) is 5.46. The number of carbonyl (C=O) groups excluding carboxylic acids is 1. The Hall–Kier alpha value is -3.21. The highest BCUT2D eigenvalue weighted by molar-refractivity contribution is 6.34. The quantitative estimate of drug-likeness (QED) is 0.532. The van der Waals surface area contributed by atoms with Crippen molar-refractivity contribution in [1.82, 2.24) is 14.6 Å². The molecular weight excluding hydrogens is 391 g/mol. The summed E-state index contributed by atoms with van der Waals surface area (Å²) in [5.41, 5.74) is -1.91. The summed E-state index contributed by atoms with van der Waals surface area (Å²) in [5, 5.41) is 16.8. The van der Waals surface area contributed by atoms with Gasteiger partial charge in [0.2, 0.25) is 0 Å². The molecule has 2 heterocycles. The van der Waals surface area contributed by atoms with Crippen LogP contribution in [0, 0.1) is 17.0 Å². The van der Waals surface area contributed by atoms with Gasteiger partial charge in [-0.25, -0.2) is 9.50 Å². The topological polar surface area (TPSA) is 102 Å². The molecule has 2 aromatic heterocycles. The number of benzene rings is 1. The van der Waals surface area contributed by atoms with E-state index in [-0.39, 0.29) is 33.4 Å². The van der Waals surface area contributed by atoms with Crippen LogP contribution in [-0.2, 0) is 6.18 Å². The Bertz CT molecular complexity index is 1080. The van der Waals surface area contributed by atoms with E-state index in [4.69, 9.17) is 11.6 Å². The molecular formula is C15H9ClF3N5O3. The first kappa shape index (κ1) is 18.6. The van der Waals surface area contributed by atoms with Gasteiger partial charge in [0.15, 0.2) is 11.3 Å². The highest BCUT2D eigenvalue weighted by Crippen LogP contribution is 2.30. The second kappa shape index (κ2) is 6.50. The number of hydrogen-bond acceptors (Lipinski definition) is 5. The van der Waals surface area contributed by atoms with Crippen LogP contribution in [0.5, 0.6) is 0 Å². The van der Waals surface area contributed by atoms with Crippen molar-refractivity contribution in [3.05, 3.63) is 62.6 Å². The minimum absolute atomic E-state index is 0.0164. The third-order valence-corrected chi connectivity index (χ3v) is 3.82. The summed E-state index contributed by atoms with van der Waals surface area (Å²) in [6.45, 7) is 1.38. The van der Waals surface area contributed by atoms with Crippen molar-refractivity contribution in [2.24, 2.45) is 0 Å². The standard InChI is InChI=1S/C15H9ClF3N5O3/c1-7-4-12(15(17,18)19)23-13(20-7)6-11(22-23)14(25)21-10-5-8(24(26)27)2-3-9(10)16/h2-6H,1H3,(H,21,25). The van der Waals surface area contributed by atoms with Gasteiger partial charge in [0, 0.05) is 23.9 Å². The van der Waals surface area contributed by atoms with Crippen molar-refractivity contribution in [2.45, 2.75) is 13.1 Å². The SMILES string of the molecule is Cc1cc(C(F)(F)F)n2nc(C(=O)Nc3cc([N+](=O)[O-])ccc3Cl)cc2n1. The summed E-state index contributed by atoms with van der Waals surface area (Å²) in [5.74, 6) is -0.895. The first-order chi connectivity index (χ1) is 12.6. The zero-order valence-electron chi connectivity index (χ0n) is 13.4. The fourth-order valence-electron chi connectivity index (χ4n) is 2.32. The van der Waals surface area contributed by atoms with Gasteiger partial charge in [0.25, 0.3) is 11.6 Å². The van der Waals surface area contributed by atoms with E-state index in [9.17, 15) is 28.1 Å². The van der Waals surface area contributed by atoms with E-state index in [1.54, 1.807) is 0 Å². The number of halogens is 4. The smallest absolute Gasteiger partial charge is 0.319 e. The zero-order chi connectivity index (χ0) is 19.9. The normalized spacial score (nSPS) is 11.6. The Morgan fingerprint density at radius 3 is 2.63 bits per heavy atom. The van der Waals surface area contributed by atoms with Gasteiger partial charge in [-0.3, -0.25) is 14.9 Å². The largest absolute Gasteiger partial charge is 0.433 e. The highest BCUT2D eigenvalue weighted by atomic mass is 35.5. The highest BCUT2D eigenvalue weighted by Gasteiger charge is 2.35. The van der Waals surface area contributed by atoms with E-state index in [0.717, 1.165) is 24.3 Å². The number of nitrogens with one attached hydrogen (secondary N) is 1. The molecule has 140 valence electrons. The molecule has 0 aliphatic heterocycles. The van der Waals surface area contributed by atoms with Crippen LogP contribution in [-0.4, -0.2) is 25.4 Å². The summed E-state index contributed by atoms with van der Waals surface area (Å²) in [6.07, 6.45) is -4.70. The Balaban J connectivity index is 2.00. The van der Waals surface area contributed by atoms with Crippen LogP contribution in [0.4, 0.5) is 24.5 Å². The number of hydrogen-bond donors (Lipinski definition) is 1. The predicted octanol–water partition coefficient (Wildman–Crippen LogP) is 3.87. The first-order valence-electron chi connectivity index (χ1n) is 7.26. The number of amides is 1. The van der Waals surface area contributed by atoms with E-state index in [1.165, 1.54) is 13.0 Å². The molecule has 0 unspecified atom stereocenters. The lowest BCUT2D eigenvalue weighted by molar-refractivity contribution is -0.384. The maximum Gasteiger partial charge on any atom is 0.433 e. The molecule has 0 radical (unpaired) electrons. The van der Waals surface area contributed by atoms with Gasteiger partial charge in [-0.2, -0.15) is 18.3 Å². The summed E-state index contributed by atoms with van der Waals surface area (Å²) in [7, 11) is 0. The number of nitrogens with zero attached hydrogens (tertiary/aromatic N) is 4. The second-order valence-corrected chi connectivity index (χ2v) is 5.86. The zero-order valence-corrected chi connectivity index (χ0v) is 14.2. The van der Waals surface area contributed by atoms with E-state index < -0.39 is 22.7 Å². The lowest BCUT2D eigenvalue weighted by atomic mass is 10.2. The van der Waals surface area contributed by atoms with Crippen molar-refractivity contribution in [3.63, 3.8) is 0 Å². The van der Waals surface area contributed by atoms with Gasteiger partial charge >= 0.3 is 6.18 Å². The van der Waals surface area contributed by atoms with Crippen LogP contribution in [0.25, 0.3) is 5.65 Å². The van der Waals surface area contributed by atoms with Gasteiger partial charge in [0.1, 0.15) is 5.69 Å². The van der Waals surface area contributed by atoms with Crippen molar-refractivity contribution >= 4 is 34.5 Å². The lowest BCUT2D eigenvalue weighted by Gasteiger charge is -2.09. The van der Waals surface area contributed by atoms with Gasteiger partial charge in [-0.1, -0.05) is 11.6 Å². The number of non-ortho nitro benzene ring substituents is 1. The molecule has 0 saturated heterocycles. The van der Waals surface area contributed by atoms with Crippen molar-refractivity contribution in [1.29, 1.82) is 0 Å². The van der Waals surface area contributed by atoms with Crippen LogP contribution in [0.15, 0.2) is 30.3 Å². The Morgan fingerprint density at radius 1 is 1.30 bits per heavy atom. The summed E-state index contributed by atoms with van der Waals surface area (Å²) in [4.78, 5) is 26.4. The molecule has 3 aromatic rings. The number of carbonyl (C=O) groups is 1. The Kier molecular flexibility index (Phi) is 4.47. The molecule has 0 aliphatic carbocycles. The van der Waals surface area contributed by atoms with Gasteiger partial charge < -0.3 is 5.32 Å². The number of alkyl halides is 3. The molecule has 1 amide bonds. The third kappa shape index (κ3) is 3.67. The van der Waals surface area contributed by atoms with E-state index in [1.807, 2.05) is 0 Å². The van der Waals surface area contributed by atoms with Crippen LogP contribution in [0.2, 0.25) is 5.02 Å². The average molecular weight is 400 g/mol. The molecule has 12 heteroatoms.